The minimum atomic E-state index is -5.02. The van der Waals surface area contributed by atoms with Crippen molar-refractivity contribution < 1.29 is 80.2 Å². The van der Waals surface area contributed by atoms with E-state index in [1.54, 1.807) is 0 Å². The Morgan fingerprint density at radius 1 is 0.264 bits per heavy atom. The molecule has 19 heteroatoms. The van der Waals surface area contributed by atoms with Crippen LogP contribution in [0.2, 0.25) is 0 Å². The lowest BCUT2D eigenvalue weighted by Crippen LogP contribution is -2.30. The third-order valence-electron chi connectivity index (χ3n) is 15.2. The molecule has 0 aliphatic heterocycles. The number of unbranched alkanes of at least 4 members (excludes halogenated alkanes) is 11. The zero-order valence-corrected chi connectivity index (χ0v) is 66.8. The number of aliphatic hydroxyl groups excluding tert-OH is 1. The van der Waals surface area contributed by atoms with Crippen molar-refractivity contribution in [2.45, 2.75) is 277 Å². The van der Waals surface area contributed by atoms with Gasteiger partial charge in [-0.2, -0.15) is 0 Å². The average Bonchev–Trinajstić information content (AvgIpc) is 0.909. The first-order valence-electron chi connectivity index (χ1n) is 39.3. The van der Waals surface area contributed by atoms with Crippen LogP contribution in [-0.2, 0) is 65.4 Å². The smallest absolute Gasteiger partial charge is 0.462 e. The quantitative estimate of drug-likeness (QED) is 0.0169. The zero-order chi connectivity index (χ0) is 77.4. The molecule has 106 heavy (non-hydrogen) atoms. The standard InChI is InChI=1S/C87H136O17P2/c1-5-9-13-17-21-25-29-33-37-39-40-42-46-48-52-56-60-64-68-72-85(90)98-78-83(104-87(92)74-70-66-62-58-54-50-44-36-32-28-24-20-16-12-8-4)80-102-106(95,96)100-76-81(88)75-99-105(93,94)101-79-82(103-86(91)73-69-65-61-57-53-49-43-35-31-27-23-19-15-11-7-3)77-97-84(89)71-67-63-59-55-51-47-45-41-38-34-30-26-22-18-14-10-6-2/h9-16,21-28,33-38,40,42-44,48,52-54,57-58,60,64,81-83,88H,5-8,17-20,29-32,39,41,45-47,49-51,55-56,59,61-63,65-80H2,1-4H3,(H,93,94)(H,95,96)/b13-9-,14-10-,15-11-,16-12-,25-21-,26-22-,27-23-,28-24-,37-33-,38-34-,42-40-,43-35-,44-36-,52-48-,57-53-,58-54-,64-60-. The fraction of sp³-hybridized carbons (Fsp3) is 0.563. The highest BCUT2D eigenvalue weighted by Crippen LogP contribution is 2.45. The molecule has 0 rings (SSSR count). The van der Waals surface area contributed by atoms with Gasteiger partial charge < -0.3 is 33.8 Å². The fourth-order valence-electron chi connectivity index (χ4n) is 9.42. The summed E-state index contributed by atoms with van der Waals surface area (Å²) in [5.41, 5.74) is 0. The van der Waals surface area contributed by atoms with E-state index < -0.39 is 97.5 Å². The van der Waals surface area contributed by atoms with Crippen molar-refractivity contribution >= 4 is 39.5 Å². The van der Waals surface area contributed by atoms with Gasteiger partial charge in [-0.3, -0.25) is 37.3 Å². The summed E-state index contributed by atoms with van der Waals surface area (Å²) in [5.74, 6) is -2.41. The van der Waals surface area contributed by atoms with E-state index in [0.717, 1.165) is 161 Å². The Morgan fingerprint density at radius 2 is 0.481 bits per heavy atom. The van der Waals surface area contributed by atoms with Crippen LogP contribution in [0.4, 0.5) is 0 Å². The zero-order valence-electron chi connectivity index (χ0n) is 65.0. The molecule has 0 fully saturated rings. The van der Waals surface area contributed by atoms with Gasteiger partial charge in [0.1, 0.15) is 19.3 Å². The number of phosphoric ester groups is 2. The minimum absolute atomic E-state index is 0.0166. The molecule has 0 amide bonds. The Balaban J connectivity index is 5.53. The van der Waals surface area contributed by atoms with Crippen molar-refractivity contribution in [3.05, 3.63) is 207 Å². The summed E-state index contributed by atoms with van der Waals surface area (Å²) in [4.78, 5) is 73.0. The van der Waals surface area contributed by atoms with Crippen molar-refractivity contribution in [3.63, 3.8) is 0 Å². The SMILES string of the molecule is CC/C=C\C/C=C\C/C=C\C/C=C\C/C=C\C/C=C\CCC(=O)OCC(COP(=O)(O)OCC(O)COP(=O)(O)OCC(COC(=O)CCCCCCCCC/C=C\C/C=C\C/C=C\CC)OC(=O)CCCC/C=C\C/C=C\C/C=C\C/C=C\CC)OC(=O)CCCC/C=C\C/C=C\C/C=C\C/C=C\CC. The largest absolute Gasteiger partial charge is 0.472 e. The first kappa shape index (κ1) is 99.6. The third-order valence-corrected chi connectivity index (χ3v) is 17.1. The van der Waals surface area contributed by atoms with E-state index in [-0.39, 0.29) is 25.7 Å². The summed E-state index contributed by atoms with van der Waals surface area (Å²) >= 11 is 0. The van der Waals surface area contributed by atoms with Crippen LogP contribution in [0.25, 0.3) is 0 Å². The molecule has 596 valence electrons. The molecule has 0 spiro atoms. The molecule has 0 saturated carbocycles. The highest BCUT2D eigenvalue weighted by molar-refractivity contribution is 7.47. The average molecular weight is 1520 g/mol. The lowest BCUT2D eigenvalue weighted by molar-refractivity contribution is -0.161. The molecule has 0 aliphatic carbocycles. The van der Waals surface area contributed by atoms with Crippen LogP contribution in [0, 0.1) is 0 Å². The van der Waals surface area contributed by atoms with Crippen LogP contribution < -0.4 is 0 Å². The highest BCUT2D eigenvalue weighted by atomic mass is 31.2. The Kier molecular flexibility index (Phi) is 72.2. The lowest BCUT2D eigenvalue weighted by atomic mass is 10.1. The summed E-state index contributed by atoms with van der Waals surface area (Å²) in [6.07, 6.45) is 95.5. The number of phosphoric acid groups is 2. The molecule has 0 radical (unpaired) electrons. The molecule has 0 aliphatic rings. The van der Waals surface area contributed by atoms with E-state index in [4.69, 9.17) is 37.0 Å². The number of esters is 4. The van der Waals surface area contributed by atoms with Crippen LogP contribution in [0.3, 0.4) is 0 Å². The van der Waals surface area contributed by atoms with Gasteiger partial charge in [-0.25, -0.2) is 9.13 Å². The van der Waals surface area contributed by atoms with Crippen LogP contribution in [0.5, 0.6) is 0 Å². The van der Waals surface area contributed by atoms with Gasteiger partial charge in [-0.15, -0.1) is 0 Å². The van der Waals surface area contributed by atoms with E-state index in [2.05, 4.69) is 210 Å². The first-order chi connectivity index (χ1) is 51.7. The maximum atomic E-state index is 13.1. The van der Waals surface area contributed by atoms with Crippen LogP contribution in [0.15, 0.2) is 207 Å². The molecule has 0 aromatic carbocycles. The van der Waals surface area contributed by atoms with Gasteiger partial charge in [-0.1, -0.05) is 266 Å². The van der Waals surface area contributed by atoms with E-state index >= 15 is 0 Å². The Bertz CT molecular complexity index is 2830. The summed E-state index contributed by atoms with van der Waals surface area (Å²) in [6.45, 7) is 4.18. The lowest BCUT2D eigenvalue weighted by Gasteiger charge is -2.21. The van der Waals surface area contributed by atoms with Gasteiger partial charge >= 0.3 is 39.5 Å². The van der Waals surface area contributed by atoms with Crippen molar-refractivity contribution in [2.24, 2.45) is 0 Å². The minimum Gasteiger partial charge on any atom is -0.462 e. The Labute approximate surface area is 639 Å². The van der Waals surface area contributed by atoms with Gasteiger partial charge in [0.05, 0.1) is 26.4 Å². The number of carbonyl (C=O) groups is 4. The number of aliphatic hydroxyl groups is 1. The number of rotatable bonds is 71. The maximum Gasteiger partial charge on any atom is 0.472 e. The summed E-state index contributed by atoms with van der Waals surface area (Å²) in [7, 11) is -10.0. The van der Waals surface area contributed by atoms with Gasteiger partial charge in [0, 0.05) is 25.7 Å². The molecular formula is C87H136O17P2. The van der Waals surface area contributed by atoms with Crippen LogP contribution >= 0.6 is 15.6 Å². The predicted octanol–water partition coefficient (Wildman–Crippen LogP) is 23.1. The second kappa shape index (κ2) is 76.8. The van der Waals surface area contributed by atoms with Gasteiger partial charge in [0.2, 0.25) is 0 Å². The fourth-order valence-corrected chi connectivity index (χ4v) is 11.0. The van der Waals surface area contributed by atoms with Crippen molar-refractivity contribution in [1.29, 1.82) is 0 Å². The molecule has 0 aromatic rings. The van der Waals surface area contributed by atoms with Gasteiger partial charge in [0.25, 0.3) is 0 Å². The monoisotopic (exact) mass is 1510 g/mol. The van der Waals surface area contributed by atoms with Crippen LogP contribution in [0.1, 0.15) is 259 Å². The highest BCUT2D eigenvalue weighted by Gasteiger charge is 2.30. The van der Waals surface area contributed by atoms with Gasteiger partial charge in [0.15, 0.2) is 12.2 Å². The van der Waals surface area contributed by atoms with Crippen molar-refractivity contribution in [3.8, 4) is 0 Å². The normalized spacial score (nSPS) is 15.0. The second-order valence-corrected chi connectivity index (χ2v) is 28.0. The van der Waals surface area contributed by atoms with Crippen molar-refractivity contribution in [2.75, 3.05) is 39.6 Å². The Morgan fingerprint density at radius 3 is 0.783 bits per heavy atom. The molecule has 0 bridgehead atoms. The Hall–Kier alpha value is -6.36. The first-order valence-corrected chi connectivity index (χ1v) is 42.3. The van der Waals surface area contributed by atoms with Gasteiger partial charge in [-0.05, 0) is 173 Å². The number of allylic oxidation sites excluding steroid dienone is 34. The third kappa shape index (κ3) is 75.9. The predicted molar refractivity (Wildman–Crippen MR) is 435 cm³/mol. The molecule has 0 aromatic heterocycles. The second-order valence-electron chi connectivity index (χ2n) is 25.1. The van der Waals surface area contributed by atoms with E-state index in [1.165, 1.54) is 0 Å². The number of ether oxygens (including phenoxy) is 4. The molecule has 3 N–H and O–H groups in total. The molecule has 17 nitrogen and oxygen atoms in total. The molecule has 5 unspecified atom stereocenters. The topological polar surface area (TPSA) is 237 Å². The number of hydrogen-bond donors (Lipinski definition) is 3. The van der Waals surface area contributed by atoms with E-state index in [9.17, 15) is 43.2 Å². The molecule has 0 saturated heterocycles. The van der Waals surface area contributed by atoms with Crippen LogP contribution in [-0.4, -0.2) is 96.7 Å². The summed E-state index contributed by atoms with van der Waals surface area (Å²) < 4.78 is 68.4. The maximum absolute atomic E-state index is 13.1. The van der Waals surface area contributed by atoms with E-state index in [1.807, 2.05) is 24.3 Å². The molecular weight excluding hydrogens is 1380 g/mol. The summed E-state index contributed by atoms with van der Waals surface area (Å²) in [5, 5.41) is 10.6. The number of hydrogen-bond acceptors (Lipinski definition) is 15. The van der Waals surface area contributed by atoms with E-state index in [0.29, 0.717) is 44.9 Å². The molecule has 5 atom stereocenters. The molecule has 0 heterocycles. The summed E-state index contributed by atoms with van der Waals surface area (Å²) in [6, 6.07) is 0. The number of carbonyl (C=O) groups excluding carboxylic acids is 4. The van der Waals surface area contributed by atoms with Crippen molar-refractivity contribution in [1.82, 2.24) is 0 Å².